The van der Waals surface area contributed by atoms with Crippen LogP contribution in [0.15, 0.2) is 36.0 Å². The fraction of sp³-hybridized carbons (Fsp3) is 0.417. The van der Waals surface area contributed by atoms with E-state index in [1.54, 1.807) is 18.7 Å². The van der Waals surface area contributed by atoms with Gasteiger partial charge in [-0.1, -0.05) is 38.1 Å². The summed E-state index contributed by atoms with van der Waals surface area (Å²) in [6.45, 7) is 8.69. The van der Waals surface area contributed by atoms with Crippen LogP contribution in [0.4, 0.5) is 0 Å². The number of aliphatic hydroxyl groups excluding tert-OH is 1. The Morgan fingerprint density at radius 3 is 2.35 bits per heavy atom. The summed E-state index contributed by atoms with van der Waals surface area (Å²) in [5.41, 5.74) is 2.95. The Kier molecular flexibility index (Phi) is 6.55. The summed E-state index contributed by atoms with van der Waals surface area (Å²) in [5.74, 6) is -0.592. The van der Waals surface area contributed by atoms with Gasteiger partial charge in [-0.15, -0.1) is 0 Å². The lowest BCUT2D eigenvalue weighted by Gasteiger charge is -2.27. The van der Waals surface area contributed by atoms with E-state index in [0.29, 0.717) is 36.1 Å². The topological polar surface area (TPSA) is 86.6 Å². The molecular weight excluding hydrogens is 392 g/mol. The minimum Gasteiger partial charge on any atom is -0.507 e. The van der Waals surface area contributed by atoms with Gasteiger partial charge < -0.3 is 14.9 Å². The Morgan fingerprint density at radius 1 is 1.16 bits per heavy atom. The van der Waals surface area contributed by atoms with Crippen molar-refractivity contribution in [2.45, 2.75) is 39.7 Å². The first-order chi connectivity index (χ1) is 14.6. The van der Waals surface area contributed by atoms with Crippen LogP contribution in [0.1, 0.15) is 54.0 Å². The second-order valence-corrected chi connectivity index (χ2v) is 8.53. The highest BCUT2D eigenvalue weighted by Crippen LogP contribution is 2.39. The first kappa shape index (κ1) is 22.6. The number of nitrogens with zero attached hydrogens (tertiary/aromatic N) is 4. The third-order valence-corrected chi connectivity index (χ3v) is 5.60. The van der Waals surface area contributed by atoms with Gasteiger partial charge >= 0.3 is 0 Å². The van der Waals surface area contributed by atoms with E-state index in [-0.39, 0.29) is 11.3 Å². The smallest absolute Gasteiger partial charge is 0.295 e. The van der Waals surface area contributed by atoms with Crippen molar-refractivity contribution in [2.75, 3.05) is 27.2 Å². The van der Waals surface area contributed by atoms with Crippen molar-refractivity contribution < 1.29 is 14.7 Å². The number of hydrogen-bond acceptors (Lipinski definition) is 6. The Hall–Kier alpha value is -3.06. The fourth-order valence-corrected chi connectivity index (χ4v) is 3.79. The van der Waals surface area contributed by atoms with E-state index in [9.17, 15) is 14.7 Å². The molecule has 0 aliphatic carbocycles. The minimum atomic E-state index is -0.686. The highest BCUT2D eigenvalue weighted by Gasteiger charge is 2.46. The number of hydrogen-bond donors (Lipinski definition) is 1. The van der Waals surface area contributed by atoms with Crippen molar-refractivity contribution in [1.82, 2.24) is 19.8 Å². The maximum absolute atomic E-state index is 13.0. The lowest BCUT2D eigenvalue weighted by atomic mass is 9.93. The number of carbonyl (C=O) groups excluding carboxylic acids is 2. The second kappa shape index (κ2) is 8.98. The van der Waals surface area contributed by atoms with E-state index >= 15 is 0 Å². The van der Waals surface area contributed by atoms with Crippen molar-refractivity contribution >= 4 is 17.4 Å². The Bertz CT molecular complexity index is 1030. The van der Waals surface area contributed by atoms with Crippen LogP contribution >= 0.6 is 0 Å². The first-order valence-corrected chi connectivity index (χ1v) is 10.5. The van der Waals surface area contributed by atoms with Crippen molar-refractivity contribution in [1.29, 1.82) is 0 Å². The van der Waals surface area contributed by atoms with Gasteiger partial charge in [-0.25, -0.2) is 9.97 Å². The minimum absolute atomic E-state index is 0.0802. The molecule has 0 unspecified atom stereocenters. The zero-order valence-corrected chi connectivity index (χ0v) is 19.0. The number of aromatic nitrogens is 2. The van der Waals surface area contributed by atoms with Gasteiger partial charge in [0, 0.05) is 19.3 Å². The lowest BCUT2D eigenvalue weighted by molar-refractivity contribution is -0.140. The number of amides is 1. The number of benzene rings is 1. The molecule has 1 aliphatic heterocycles. The summed E-state index contributed by atoms with van der Waals surface area (Å²) in [5, 5.41) is 11.1. The summed E-state index contributed by atoms with van der Waals surface area (Å²) in [4.78, 5) is 37.9. The number of aliphatic hydroxyl groups is 1. The molecule has 0 bridgehead atoms. The molecule has 1 fully saturated rings. The van der Waals surface area contributed by atoms with E-state index < -0.39 is 17.7 Å². The van der Waals surface area contributed by atoms with Crippen molar-refractivity contribution in [3.63, 3.8) is 0 Å². The molecule has 1 aromatic heterocycles. The second-order valence-electron chi connectivity index (χ2n) is 8.53. The maximum Gasteiger partial charge on any atom is 0.295 e. The molecule has 0 radical (unpaired) electrons. The van der Waals surface area contributed by atoms with Crippen LogP contribution in [0.5, 0.6) is 0 Å². The molecule has 3 rings (SSSR count). The van der Waals surface area contributed by atoms with Gasteiger partial charge in [0.15, 0.2) is 0 Å². The molecule has 1 amide bonds. The molecule has 1 aromatic carbocycles. The van der Waals surface area contributed by atoms with Crippen LogP contribution in [0, 0.1) is 13.8 Å². The van der Waals surface area contributed by atoms with Gasteiger partial charge in [0.25, 0.3) is 11.7 Å². The van der Waals surface area contributed by atoms with Crippen LogP contribution in [0.2, 0.25) is 0 Å². The first-order valence-electron chi connectivity index (χ1n) is 10.5. The highest BCUT2D eigenvalue weighted by atomic mass is 16.3. The maximum atomic E-state index is 13.0. The van der Waals surface area contributed by atoms with E-state index in [1.807, 2.05) is 43.3 Å². The molecule has 164 valence electrons. The zero-order chi connectivity index (χ0) is 22.9. The van der Waals surface area contributed by atoms with Gasteiger partial charge in [0.1, 0.15) is 11.6 Å². The zero-order valence-electron chi connectivity index (χ0n) is 19.0. The molecule has 1 aliphatic rings. The number of aryl methyl sites for hydroxylation is 2. The number of Topliss-reactive ketones (excluding diaryl/α,β-unsaturated/α-hetero) is 1. The SMILES string of the molecule is Cc1ncc(C(O)=C2C(=O)C(=O)N(CCN(C)C)[C@@H]2c2ccc(C(C)C)cc2)c(C)n1. The molecular formula is C24H30N4O3. The number of rotatable bonds is 6. The normalized spacial score (nSPS) is 18.5. The molecule has 1 N–H and O–H groups in total. The summed E-state index contributed by atoms with van der Waals surface area (Å²) >= 11 is 0. The molecule has 31 heavy (non-hydrogen) atoms. The van der Waals surface area contributed by atoms with Gasteiger partial charge in [0.05, 0.1) is 22.9 Å². The standard InChI is InChI=1S/C24H30N4O3/c1-14(2)17-7-9-18(10-8-17)21-20(22(29)19-13-25-16(4)26-15(19)3)23(30)24(31)28(21)12-11-27(5)6/h7-10,13-14,21,29H,11-12H2,1-6H3/t21-/m1/s1. The number of likely N-dealkylation sites (tertiary alicyclic amines) is 1. The summed E-state index contributed by atoms with van der Waals surface area (Å²) in [6.07, 6.45) is 1.50. The van der Waals surface area contributed by atoms with E-state index in [0.717, 1.165) is 11.1 Å². The van der Waals surface area contributed by atoms with E-state index in [4.69, 9.17) is 0 Å². The quantitative estimate of drug-likeness (QED) is 0.437. The predicted molar refractivity (Wildman–Crippen MR) is 120 cm³/mol. The molecule has 2 aromatic rings. The molecule has 7 heteroatoms. The molecule has 1 saturated heterocycles. The van der Waals surface area contributed by atoms with Crippen molar-refractivity contribution in [3.05, 3.63) is 64.2 Å². The van der Waals surface area contributed by atoms with E-state index in [2.05, 4.69) is 23.8 Å². The highest BCUT2D eigenvalue weighted by molar-refractivity contribution is 6.46. The molecule has 7 nitrogen and oxygen atoms in total. The number of ketones is 1. The van der Waals surface area contributed by atoms with E-state index in [1.165, 1.54) is 6.20 Å². The fourth-order valence-electron chi connectivity index (χ4n) is 3.79. The Morgan fingerprint density at radius 2 is 1.81 bits per heavy atom. The third kappa shape index (κ3) is 4.51. The molecule has 1 atom stereocenters. The molecule has 2 heterocycles. The summed E-state index contributed by atoms with van der Waals surface area (Å²) in [6, 6.07) is 7.21. The van der Waals surface area contributed by atoms with Gasteiger partial charge in [-0.3, -0.25) is 9.59 Å². The van der Waals surface area contributed by atoms with Crippen molar-refractivity contribution in [3.8, 4) is 0 Å². The monoisotopic (exact) mass is 422 g/mol. The summed E-state index contributed by atoms with van der Waals surface area (Å²) in [7, 11) is 3.83. The molecule has 0 spiro atoms. The van der Waals surface area contributed by atoms with Crippen LogP contribution in [0.25, 0.3) is 5.76 Å². The largest absolute Gasteiger partial charge is 0.507 e. The van der Waals surface area contributed by atoms with Crippen LogP contribution < -0.4 is 0 Å². The Balaban J connectivity index is 2.16. The van der Waals surface area contributed by atoms with Gasteiger partial charge in [-0.2, -0.15) is 0 Å². The van der Waals surface area contributed by atoms with Crippen molar-refractivity contribution in [2.24, 2.45) is 0 Å². The lowest BCUT2D eigenvalue weighted by Crippen LogP contribution is -2.35. The average molecular weight is 423 g/mol. The predicted octanol–water partition coefficient (Wildman–Crippen LogP) is 3.20. The van der Waals surface area contributed by atoms with Gasteiger partial charge in [-0.05, 0) is 45.0 Å². The summed E-state index contributed by atoms with van der Waals surface area (Å²) < 4.78 is 0. The Labute approximate surface area is 183 Å². The number of likely N-dealkylation sites (N-methyl/N-ethyl adjacent to an activating group) is 1. The third-order valence-electron chi connectivity index (χ3n) is 5.60. The number of carbonyl (C=O) groups is 2. The molecule has 0 saturated carbocycles. The average Bonchev–Trinajstić information content (AvgIpc) is 2.96. The van der Waals surface area contributed by atoms with Crippen LogP contribution in [-0.2, 0) is 9.59 Å². The van der Waals surface area contributed by atoms with Crippen LogP contribution in [0.3, 0.4) is 0 Å². The van der Waals surface area contributed by atoms with Gasteiger partial charge in [0.2, 0.25) is 0 Å². The van der Waals surface area contributed by atoms with Crippen LogP contribution in [-0.4, -0.2) is 63.7 Å².